The van der Waals surface area contributed by atoms with Gasteiger partial charge in [0.25, 0.3) is 0 Å². The molecule has 0 spiro atoms. The van der Waals surface area contributed by atoms with Gasteiger partial charge < -0.3 is 4.90 Å². The van der Waals surface area contributed by atoms with Crippen molar-refractivity contribution in [3.63, 3.8) is 0 Å². The summed E-state index contributed by atoms with van der Waals surface area (Å²) in [6.07, 6.45) is 0. The number of carbonyl (C=O) groups is 1. The predicted molar refractivity (Wildman–Crippen MR) is 59.1 cm³/mol. The van der Waals surface area contributed by atoms with Gasteiger partial charge in [0.05, 0.1) is 6.54 Å². The summed E-state index contributed by atoms with van der Waals surface area (Å²) in [5.41, 5.74) is 9.66. The van der Waals surface area contributed by atoms with Crippen LogP contribution in [0.2, 0.25) is 0 Å². The molecule has 0 aromatic heterocycles. The Labute approximate surface area is 87.9 Å². The fraction of sp³-hybridized carbons (Fsp3) is 0.300. The monoisotopic (exact) mass is 204 g/mol. The van der Waals surface area contributed by atoms with Crippen molar-refractivity contribution in [2.24, 2.45) is 5.11 Å². The molecule has 0 radical (unpaired) electrons. The zero-order chi connectivity index (χ0) is 11.3. The number of hydrogen-bond acceptors (Lipinski definition) is 3. The van der Waals surface area contributed by atoms with Crippen LogP contribution in [0.1, 0.15) is 10.4 Å². The molecule has 0 amide bonds. The molecule has 0 bridgehead atoms. The summed E-state index contributed by atoms with van der Waals surface area (Å²) in [7, 11) is 3.85. The summed E-state index contributed by atoms with van der Waals surface area (Å²) in [6.45, 7) is -0.127. The van der Waals surface area contributed by atoms with E-state index in [1.165, 1.54) is 0 Å². The first-order valence-electron chi connectivity index (χ1n) is 4.46. The third-order valence-corrected chi connectivity index (χ3v) is 1.98. The molecular formula is C10H12N4O. The molecule has 0 saturated heterocycles. The Hall–Kier alpha value is -2.00. The lowest BCUT2D eigenvalue weighted by Gasteiger charge is -2.12. The van der Waals surface area contributed by atoms with Crippen LogP contribution in [0.4, 0.5) is 5.69 Å². The summed E-state index contributed by atoms with van der Waals surface area (Å²) >= 11 is 0. The largest absolute Gasteiger partial charge is 0.378 e. The van der Waals surface area contributed by atoms with Gasteiger partial charge in [-0.2, -0.15) is 0 Å². The standard InChI is InChI=1S/C10H12N4O/c1-14(2)9-5-3-8(4-6-9)10(15)7-12-13-11/h3-6H,7H2,1-2H3. The Balaban J connectivity index is 2.79. The molecule has 0 aliphatic carbocycles. The van der Waals surface area contributed by atoms with Crippen molar-refractivity contribution >= 4 is 11.5 Å². The molecule has 0 fully saturated rings. The number of Topliss-reactive ketones (excluding diaryl/α,β-unsaturated/α-hetero) is 1. The summed E-state index contributed by atoms with van der Waals surface area (Å²) in [6, 6.07) is 7.15. The maximum atomic E-state index is 11.4. The lowest BCUT2D eigenvalue weighted by Crippen LogP contribution is -2.09. The minimum Gasteiger partial charge on any atom is -0.378 e. The summed E-state index contributed by atoms with van der Waals surface area (Å²) in [5.74, 6) is -0.168. The van der Waals surface area contributed by atoms with Gasteiger partial charge in [-0.25, -0.2) is 0 Å². The van der Waals surface area contributed by atoms with Crippen LogP contribution in [0.3, 0.4) is 0 Å². The summed E-state index contributed by atoms with van der Waals surface area (Å²) in [4.78, 5) is 15.9. The van der Waals surface area contributed by atoms with Crippen molar-refractivity contribution in [3.05, 3.63) is 40.3 Å². The smallest absolute Gasteiger partial charge is 0.168 e. The number of azide groups is 1. The Bertz CT molecular complexity index is 390. The number of anilines is 1. The highest BCUT2D eigenvalue weighted by Crippen LogP contribution is 2.12. The van der Waals surface area contributed by atoms with Crippen LogP contribution in [0.5, 0.6) is 0 Å². The molecule has 1 aromatic rings. The Kier molecular flexibility index (Phi) is 3.71. The molecule has 0 atom stereocenters. The topological polar surface area (TPSA) is 69.1 Å². The molecule has 1 aromatic carbocycles. The van der Waals surface area contributed by atoms with Crippen molar-refractivity contribution in [2.45, 2.75) is 0 Å². The lowest BCUT2D eigenvalue weighted by molar-refractivity contribution is 0.100. The van der Waals surface area contributed by atoms with Gasteiger partial charge in [-0.3, -0.25) is 4.79 Å². The molecular weight excluding hydrogens is 192 g/mol. The van der Waals surface area contributed by atoms with Crippen LogP contribution in [0, 0.1) is 0 Å². The number of carbonyl (C=O) groups excluding carboxylic acids is 1. The van der Waals surface area contributed by atoms with E-state index in [2.05, 4.69) is 10.0 Å². The number of ketones is 1. The molecule has 0 unspecified atom stereocenters. The first-order chi connectivity index (χ1) is 7.15. The van der Waals surface area contributed by atoms with E-state index in [1.54, 1.807) is 12.1 Å². The molecule has 0 N–H and O–H groups in total. The Morgan fingerprint density at radius 3 is 2.47 bits per heavy atom. The van der Waals surface area contributed by atoms with Gasteiger partial charge in [0, 0.05) is 30.3 Å². The summed E-state index contributed by atoms with van der Waals surface area (Å²) in [5, 5.41) is 3.23. The van der Waals surface area contributed by atoms with E-state index in [0.29, 0.717) is 5.56 Å². The molecule has 5 nitrogen and oxygen atoms in total. The van der Waals surface area contributed by atoms with Crippen molar-refractivity contribution in [3.8, 4) is 0 Å². The van der Waals surface area contributed by atoms with E-state index in [-0.39, 0.29) is 12.3 Å². The third kappa shape index (κ3) is 3.00. The second-order valence-corrected chi connectivity index (χ2v) is 3.25. The van der Waals surface area contributed by atoms with Crippen LogP contribution in [-0.4, -0.2) is 26.4 Å². The molecule has 0 saturated carbocycles. The fourth-order valence-electron chi connectivity index (χ4n) is 1.13. The third-order valence-electron chi connectivity index (χ3n) is 1.98. The van der Waals surface area contributed by atoms with E-state index < -0.39 is 0 Å². The normalized spacial score (nSPS) is 9.20. The maximum absolute atomic E-state index is 11.4. The predicted octanol–water partition coefficient (Wildman–Crippen LogP) is 2.25. The minimum absolute atomic E-state index is 0.127. The van der Waals surface area contributed by atoms with Crippen molar-refractivity contribution in [1.82, 2.24) is 0 Å². The van der Waals surface area contributed by atoms with Gasteiger partial charge in [0.1, 0.15) is 0 Å². The minimum atomic E-state index is -0.168. The van der Waals surface area contributed by atoms with E-state index in [4.69, 9.17) is 5.53 Å². The SMILES string of the molecule is CN(C)c1ccc(C(=O)CN=[N+]=[N-])cc1. The average molecular weight is 204 g/mol. The highest BCUT2D eigenvalue weighted by molar-refractivity contribution is 5.97. The average Bonchev–Trinajstić information content (AvgIpc) is 2.26. The quantitative estimate of drug-likeness (QED) is 0.326. The zero-order valence-electron chi connectivity index (χ0n) is 8.71. The number of nitrogens with zero attached hydrogens (tertiary/aromatic N) is 4. The highest BCUT2D eigenvalue weighted by Gasteiger charge is 2.04. The number of rotatable bonds is 4. The van der Waals surface area contributed by atoms with Gasteiger partial charge in [-0.15, -0.1) is 0 Å². The molecule has 78 valence electrons. The molecule has 5 heteroatoms. The van der Waals surface area contributed by atoms with Gasteiger partial charge >= 0.3 is 0 Å². The second-order valence-electron chi connectivity index (χ2n) is 3.25. The zero-order valence-corrected chi connectivity index (χ0v) is 8.71. The van der Waals surface area contributed by atoms with Gasteiger partial charge in [0.2, 0.25) is 0 Å². The molecule has 1 rings (SSSR count). The molecule has 0 aliphatic rings. The maximum Gasteiger partial charge on any atom is 0.168 e. The molecule has 0 heterocycles. The van der Waals surface area contributed by atoms with E-state index in [1.807, 2.05) is 31.1 Å². The van der Waals surface area contributed by atoms with Crippen LogP contribution in [0.25, 0.3) is 10.4 Å². The van der Waals surface area contributed by atoms with Crippen molar-refractivity contribution in [1.29, 1.82) is 0 Å². The second kappa shape index (κ2) is 5.02. The molecule has 0 aliphatic heterocycles. The van der Waals surface area contributed by atoms with Crippen molar-refractivity contribution in [2.75, 3.05) is 25.5 Å². The Morgan fingerprint density at radius 1 is 1.40 bits per heavy atom. The number of benzene rings is 1. The van der Waals surface area contributed by atoms with E-state index in [9.17, 15) is 4.79 Å². The first kappa shape index (κ1) is 11.1. The van der Waals surface area contributed by atoms with Gasteiger partial charge in [-0.05, 0) is 29.8 Å². The first-order valence-corrected chi connectivity index (χ1v) is 4.46. The van der Waals surface area contributed by atoms with Crippen LogP contribution >= 0.6 is 0 Å². The van der Waals surface area contributed by atoms with Gasteiger partial charge in [0.15, 0.2) is 5.78 Å². The van der Waals surface area contributed by atoms with Gasteiger partial charge in [-0.1, -0.05) is 5.11 Å². The number of hydrogen-bond donors (Lipinski definition) is 0. The van der Waals surface area contributed by atoms with E-state index >= 15 is 0 Å². The van der Waals surface area contributed by atoms with Crippen LogP contribution in [0.15, 0.2) is 29.4 Å². The highest BCUT2D eigenvalue weighted by atomic mass is 16.1. The van der Waals surface area contributed by atoms with Crippen molar-refractivity contribution < 1.29 is 4.79 Å². The molecule has 15 heavy (non-hydrogen) atoms. The van der Waals surface area contributed by atoms with Crippen LogP contribution in [-0.2, 0) is 0 Å². The Morgan fingerprint density at radius 2 is 2.00 bits per heavy atom. The van der Waals surface area contributed by atoms with E-state index in [0.717, 1.165) is 5.69 Å². The fourth-order valence-corrected chi connectivity index (χ4v) is 1.13. The summed E-state index contributed by atoms with van der Waals surface area (Å²) < 4.78 is 0. The lowest BCUT2D eigenvalue weighted by atomic mass is 10.1. The van der Waals surface area contributed by atoms with Crippen LogP contribution < -0.4 is 4.90 Å².